The molecule has 2 rings (SSSR count). The van der Waals surface area contributed by atoms with E-state index in [1.54, 1.807) is 0 Å². The summed E-state index contributed by atoms with van der Waals surface area (Å²) < 4.78 is 5.82. The minimum atomic E-state index is -0.243. The van der Waals surface area contributed by atoms with Crippen LogP contribution in [0.25, 0.3) is 0 Å². The molecule has 3 N–H and O–H groups in total. The van der Waals surface area contributed by atoms with Crippen LogP contribution in [-0.2, 0) is 9.53 Å². The van der Waals surface area contributed by atoms with Crippen molar-refractivity contribution >= 4 is 5.91 Å². The maximum Gasteiger partial charge on any atom is 0.246 e. The van der Waals surface area contributed by atoms with Gasteiger partial charge in [0.15, 0.2) is 0 Å². The molecule has 0 saturated heterocycles. The van der Waals surface area contributed by atoms with Crippen LogP contribution in [0.2, 0.25) is 0 Å². The zero-order valence-corrected chi connectivity index (χ0v) is 10.7. The van der Waals surface area contributed by atoms with Crippen LogP contribution >= 0.6 is 0 Å². The van der Waals surface area contributed by atoms with Crippen molar-refractivity contribution in [1.82, 2.24) is 5.32 Å². The highest BCUT2D eigenvalue weighted by atomic mass is 16.5. The molecule has 4 nitrogen and oxygen atoms in total. The first kappa shape index (κ1) is 12.8. The molecular weight excluding hydrogens is 216 g/mol. The molecule has 0 spiro atoms. The topological polar surface area (TPSA) is 64.3 Å². The van der Waals surface area contributed by atoms with Crippen LogP contribution in [0.3, 0.4) is 0 Å². The van der Waals surface area contributed by atoms with Gasteiger partial charge in [0.2, 0.25) is 5.91 Å². The van der Waals surface area contributed by atoms with Crippen molar-refractivity contribution in [2.24, 2.45) is 11.7 Å². The van der Waals surface area contributed by atoms with E-state index < -0.39 is 0 Å². The number of carbonyl (C=O) groups is 1. The number of amides is 1. The molecule has 17 heavy (non-hydrogen) atoms. The highest BCUT2D eigenvalue weighted by Gasteiger charge is 2.34. The lowest BCUT2D eigenvalue weighted by Crippen LogP contribution is -2.46. The van der Waals surface area contributed by atoms with Crippen molar-refractivity contribution in [1.29, 1.82) is 0 Å². The van der Waals surface area contributed by atoms with Crippen LogP contribution in [-0.4, -0.2) is 30.7 Å². The van der Waals surface area contributed by atoms with Gasteiger partial charge in [0, 0.05) is 12.6 Å². The van der Waals surface area contributed by atoms with E-state index in [9.17, 15) is 4.79 Å². The summed E-state index contributed by atoms with van der Waals surface area (Å²) in [5.74, 6) is 0.775. The van der Waals surface area contributed by atoms with E-state index in [0.29, 0.717) is 12.6 Å². The fourth-order valence-electron chi connectivity index (χ4n) is 2.41. The smallest absolute Gasteiger partial charge is 0.246 e. The van der Waals surface area contributed by atoms with Gasteiger partial charge in [0.05, 0.1) is 5.60 Å². The molecule has 2 saturated carbocycles. The summed E-state index contributed by atoms with van der Waals surface area (Å²) in [6, 6.07) is 0.409. The Kier molecular flexibility index (Phi) is 4.05. The molecule has 0 aromatic rings. The summed E-state index contributed by atoms with van der Waals surface area (Å²) in [6.07, 6.45) is 6.52. The van der Waals surface area contributed by atoms with E-state index in [-0.39, 0.29) is 18.1 Å². The van der Waals surface area contributed by atoms with Crippen molar-refractivity contribution in [2.45, 2.75) is 57.1 Å². The van der Waals surface area contributed by atoms with Crippen molar-refractivity contribution < 1.29 is 9.53 Å². The molecule has 1 amide bonds. The molecule has 98 valence electrons. The zero-order chi connectivity index (χ0) is 12.3. The molecule has 0 atom stereocenters. The van der Waals surface area contributed by atoms with Crippen LogP contribution < -0.4 is 11.1 Å². The SMILES string of the molecule is CC1CCC(CN)(OCC(=O)NC2CC2)CC1. The maximum absolute atomic E-state index is 11.6. The van der Waals surface area contributed by atoms with Crippen LogP contribution in [0, 0.1) is 5.92 Å². The van der Waals surface area contributed by atoms with Gasteiger partial charge >= 0.3 is 0 Å². The molecular formula is C13H24N2O2. The molecule has 2 aliphatic carbocycles. The maximum atomic E-state index is 11.6. The van der Waals surface area contributed by atoms with Crippen LogP contribution in [0.4, 0.5) is 0 Å². The van der Waals surface area contributed by atoms with Gasteiger partial charge in [-0.1, -0.05) is 6.92 Å². The summed E-state index contributed by atoms with van der Waals surface area (Å²) in [7, 11) is 0. The van der Waals surface area contributed by atoms with Crippen molar-refractivity contribution in [3.63, 3.8) is 0 Å². The van der Waals surface area contributed by atoms with Crippen LogP contribution in [0.5, 0.6) is 0 Å². The van der Waals surface area contributed by atoms with Gasteiger partial charge in [-0.15, -0.1) is 0 Å². The summed E-state index contributed by atoms with van der Waals surface area (Å²) in [5.41, 5.74) is 5.58. The normalized spacial score (nSPS) is 33.4. The van der Waals surface area contributed by atoms with E-state index in [0.717, 1.165) is 44.4 Å². The van der Waals surface area contributed by atoms with Crippen LogP contribution in [0.15, 0.2) is 0 Å². The van der Waals surface area contributed by atoms with Gasteiger partial charge < -0.3 is 15.8 Å². The number of hydrogen-bond donors (Lipinski definition) is 2. The van der Waals surface area contributed by atoms with Gasteiger partial charge in [-0.25, -0.2) is 0 Å². The van der Waals surface area contributed by atoms with Gasteiger partial charge in [-0.2, -0.15) is 0 Å². The Labute approximate surface area is 103 Å². The Morgan fingerprint density at radius 3 is 2.53 bits per heavy atom. The molecule has 4 heteroatoms. The number of ether oxygens (including phenoxy) is 1. The fourth-order valence-corrected chi connectivity index (χ4v) is 2.41. The van der Waals surface area contributed by atoms with Gasteiger partial charge in [0.1, 0.15) is 6.61 Å². The minimum absolute atomic E-state index is 0.0129. The Morgan fingerprint density at radius 2 is 2.00 bits per heavy atom. The predicted molar refractivity (Wildman–Crippen MR) is 66.5 cm³/mol. The number of hydrogen-bond acceptors (Lipinski definition) is 3. The second kappa shape index (κ2) is 5.36. The standard InChI is InChI=1S/C13H24N2O2/c1-10-4-6-13(9-14,7-5-10)17-8-12(16)15-11-2-3-11/h10-11H,2-9,14H2,1H3,(H,15,16). The number of nitrogens with one attached hydrogen (secondary N) is 1. The molecule has 0 unspecified atom stereocenters. The zero-order valence-electron chi connectivity index (χ0n) is 10.7. The average molecular weight is 240 g/mol. The Balaban J connectivity index is 1.75. The summed E-state index contributed by atoms with van der Waals surface area (Å²) in [5, 5.41) is 2.94. The van der Waals surface area contributed by atoms with Crippen molar-refractivity contribution in [3.05, 3.63) is 0 Å². The molecule has 0 aromatic carbocycles. The third-order valence-corrected chi connectivity index (χ3v) is 4.01. The predicted octanol–water partition coefficient (Wildman–Crippen LogP) is 1.19. The van der Waals surface area contributed by atoms with E-state index >= 15 is 0 Å². The molecule has 0 bridgehead atoms. The largest absolute Gasteiger partial charge is 0.364 e. The first-order valence-corrected chi connectivity index (χ1v) is 6.77. The average Bonchev–Trinajstić information content (AvgIpc) is 3.13. The van der Waals surface area contributed by atoms with Crippen molar-refractivity contribution in [2.75, 3.05) is 13.2 Å². The monoisotopic (exact) mass is 240 g/mol. The molecule has 2 aliphatic rings. The summed E-state index contributed by atoms with van der Waals surface area (Å²) in [6.45, 7) is 2.96. The summed E-state index contributed by atoms with van der Waals surface area (Å²) >= 11 is 0. The quantitative estimate of drug-likeness (QED) is 0.758. The number of carbonyl (C=O) groups excluding carboxylic acids is 1. The molecule has 0 heterocycles. The Hall–Kier alpha value is -0.610. The molecule has 0 radical (unpaired) electrons. The third-order valence-electron chi connectivity index (χ3n) is 4.01. The van der Waals surface area contributed by atoms with Crippen LogP contribution in [0.1, 0.15) is 45.4 Å². The van der Waals surface area contributed by atoms with Gasteiger partial charge in [-0.05, 0) is 44.4 Å². The molecule has 2 fully saturated rings. The van der Waals surface area contributed by atoms with E-state index in [1.807, 2.05) is 0 Å². The third kappa shape index (κ3) is 3.68. The lowest BCUT2D eigenvalue weighted by molar-refractivity contribution is -0.136. The van der Waals surface area contributed by atoms with E-state index in [2.05, 4.69) is 12.2 Å². The van der Waals surface area contributed by atoms with E-state index in [1.165, 1.54) is 0 Å². The van der Waals surface area contributed by atoms with E-state index in [4.69, 9.17) is 10.5 Å². The fraction of sp³-hybridized carbons (Fsp3) is 0.923. The minimum Gasteiger partial charge on any atom is -0.364 e. The van der Waals surface area contributed by atoms with Crippen molar-refractivity contribution in [3.8, 4) is 0 Å². The van der Waals surface area contributed by atoms with Gasteiger partial charge in [-0.3, -0.25) is 4.79 Å². The second-order valence-corrected chi connectivity index (χ2v) is 5.70. The first-order chi connectivity index (χ1) is 8.13. The Morgan fingerprint density at radius 1 is 1.35 bits per heavy atom. The molecule has 0 aromatic heterocycles. The number of rotatable bonds is 5. The lowest BCUT2D eigenvalue weighted by Gasteiger charge is -2.38. The highest BCUT2D eigenvalue weighted by molar-refractivity contribution is 5.77. The molecule has 0 aliphatic heterocycles. The highest BCUT2D eigenvalue weighted by Crippen LogP contribution is 2.33. The summed E-state index contributed by atoms with van der Waals surface area (Å²) in [4.78, 5) is 11.6. The lowest BCUT2D eigenvalue weighted by atomic mass is 9.79. The van der Waals surface area contributed by atoms with Gasteiger partial charge in [0.25, 0.3) is 0 Å². The number of nitrogens with two attached hydrogens (primary N) is 1. The second-order valence-electron chi connectivity index (χ2n) is 5.70. The Bertz CT molecular complexity index is 269. The first-order valence-electron chi connectivity index (χ1n) is 6.77.